The third-order valence-electron chi connectivity index (χ3n) is 6.65. The second-order valence-corrected chi connectivity index (χ2v) is 11.6. The van der Waals surface area contributed by atoms with Gasteiger partial charge in [0.1, 0.15) is 0 Å². The number of benzene rings is 3. The zero-order valence-corrected chi connectivity index (χ0v) is 22.4. The molecular weight excluding hydrogens is 500 g/mol. The van der Waals surface area contributed by atoms with Gasteiger partial charge in [0, 0.05) is 44.5 Å². The molecule has 0 aromatic heterocycles. The van der Waals surface area contributed by atoms with Gasteiger partial charge in [0.05, 0.1) is 17.4 Å². The first-order valence-electron chi connectivity index (χ1n) is 12.7. The molecule has 1 unspecified atom stereocenters. The van der Waals surface area contributed by atoms with Gasteiger partial charge in [0.15, 0.2) is 9.84 Å². The van der Waals surface area contributed by atoms with E-state index in [-0.39, 0.29) is 29.2 Å². The van der Waals surface area contributed by atoms with E-state index in [1.54, 1.807) is 12.1 Å². The maximum absolute atomic E-state index is 12.8. The molecule has 0 aliphatic carbocycles. The molecule has 200 valence electrons. The maximum Gasteiger partial charge on any atom is 0.251 e. The second-order valence-electron chi connectivity index (χ2n) is 9.55. The van der Waals surface area contributed by atoms with Crippen molar-refractivity contribution in [1.29, 1.82) is 0 Å². The van der Waals surface area contributed by atoms with Crippen molar-refractivity contribution in [3.8, 4) is 0 Å². The van der Waals surface area contributed by atoms with Gasteiger partial charge < -0.3 is 10.2 Å². The molecular formula is C29H34N4O4S. The highest BCUT2D eigenvalue weighted by Gasteiger charge is 2.21. The number of hydrogen-bond acceptors (Lipinski definition) is 6. The number of hydrazine groups is 1. The third kappa shape index (κ3) is 7.98. The third-order valence-corrected chi connectivity index (χ3v) is 7.78. The van der Waals surface area contributed by atoms with Gasteiger partial charge in [-0.25, -0.2) is 13.4 Å². The van der Waals surface area contributed by atoms with Gasteiger partial charge in [-0.3, -0.25) is 15.0 Å². The standard InChI is InChI=1S/C29H34N4O4S/c1-38(36,37)26-14-12-23(13-15-26)22-28(34)31-33-20-18-32(19-21-33)17-16-27(24-8-4-2-5-9-24)30-29(35)25-10-6-3-7-11-25/h2-15,27H,16-22H2,1H3,(H,30,35)(H,31,34). The van der Waals surface area contributed by atoms with Crippen LogP contribution in [-0.2, 0) is 21.1 Å². The van der Waals surface area contributed by atoms with Crippen molar-refractivity contribution in [1.82, 2.24) is 20.7 Å². The fourth-order valence-electron chi connectivity index (χ4n) is 4.49. The zero-order valence-electron chi connectivity index (χ0n) is 21.5. The van der Waals surface area contributed by atoms with Crippen LogP contribution in [0.1, 0.15) is 33.9 Å². The van der Waals surface area contributed by atoms with Crippen molar-refractivity contribution in [2.45, 2.75) is 23.8 Å². The number of sulfone groups is 1. The molecule has 1 atom stereocenters. The normalized spacial score (nSPS) is 15.5. The lowest BCUT2D eigenvalue weighted by atomic mass is 10.0. The lowest BCUT2D eigenvalue weighted by molar-refractivity contribution is -0.126. The molecule has 2 N–H and O–H groups in total. The van der Waals surface area contributed by atoms with Crippen LogP contribution in [0.3, 0.4) is 0 Å². The lowest BCUT2D eigenvalue weighted by Gasteiger charge is -2.35. The summed E-state index contributed by atoms with van der Waals surface area (Å²) in [5, 5.41) is 5.12. The average molecular weight is 535 g/mol. The molecule has 1 heterocycles. The smallest absolute Gasteiger partial charge is 0.251 e. The Hall–Kier alpha value is -3.53. The van der Waals surface area contributed by atoms with Gasteiger partial charge in [-0.15, -0.1) is 0 Å². The number of nitrogens with one attached hydrogen (secondary N) is 2. The molecule has 0 saturated carbocycles. The minimum Gasteiger partial charge on any atom is -0.345 e. The predicted molar refractivity (Wildman–Crippen MR) is 147 cm³/mol. The van der Waals surface area contributed by atoms with Crippen LogP contribution < -0.4 is 10.7 Å². The molecule has 0 bridgehead atoms. The Morgan fingerprint density at radius 3 is 2.05 bits per heavy atom. The maximum atomic E-state index is 12.8. The summed E-state index contributed by atoms with van der Waals surface area (Å²) in [6.07, 6.45) is 2.12. The van der Waals surface area contributed by atoms with Crippen molar-refractivity contribution in [3.05, 3.63) is 102 Å². The van der Waals surface area contributed by atoms with Crippen LogP contribution in [0.2, 0.25) is 0 Å². The summed E-state index contributed by atoms with van der Waals surface area (Å²) in [5.74, 6) is -0.212. The molecule has 4 rings (SSSR count). The molecule has 3 aromatic rings. The number of carbonyl (C=O) groups is 2. The molecule has 1 aliphatic heterocycles. The van der Waals surface area contributed by atoms with Gasteiger partial charge in [-0.2, -0.15) is 0 Å². The molecule has 38 heavy (non-hydrogen) atoms. The van der Waals surface area contributed by atoms with Gasteiger partial charge in [-0.1, -0.05) is 60.7 Å². The summed E-state index contributed by atoms with van der Waals surface area (Å²) in [4.78, 5) is 27.9. The quantitative estimate of drug-likeness (QED) is 0.415. The summed E-state index contributed by atoms with van der Waals surface area (Å²) in [7, 11) is -3.26. The number of amides is 2. The van der Waals surface area contributed by atoms with Gasteiger partial charge in [-0.05, 0) is 41.8 Å². The highest BCUT2D eigenvalue weighted by molar-refractivity contribution is 7.90. The molecule has 8 nitrogen and oxygen atoms in total. The van der Waals surface area contributed by atoms with Crippen LogP contribution in [0, 0.1) is 0 Å². The Bertz CT molecular complexity index is 1310. The van der Waals surface area contributed by atoms with Crippen molar-refractivity contribution >= 4 is 21.7 Å². The highest BCUT2D eigenvalue weighted by Crippen LogP contribution is 2.19. The average Bonchev–Trinajstić information content (AvgIpc) is 2.92. The van der Waals surface area contributed by atoms with Crippen LogP contribution in [-0.4, -0.2) is 69.1 Å². The molecule has 1 saturated heterocycles. The van der Waals surface area contributed by atoms with Crippen molar-refractivity contribution in [2.75, 3.05) is 39.0 Å². The Morgan fingerprint density at radius 1 is 0.842 bits per heavy atom. The number of nitrogens with zero attached hydrogens (tertiary/aromatic N) is 2. The van der Waals surface area contributed by atoms with Crippen molar-refractivity contribution < 1.29 is 18.0 Å². The topological polar surface area (TPSA) is 98.8 Å². The first-order chi connectivity index (χ1) is 18.3. The van der Waals surface area contributed by atoms with E-state index >= 15 is 0 Å². The summed E-state index contributed by atoms with van der Waals surface area (Å²) in [6, 6.07) is 25.6. The number of hydrogen-bond donors (Lipinski definition) is 2. The predicted octanol–water partition coefficient (Wildman–Crippen LogP) is 2.84. The second kappa shape index (κ2) is 12.8. The Morgan fingerprint density at radius 2 is 1.45 bits per heavy atom. The van der Waals surface area contributed by atoms with Crippen LogP contribution in [0.25, 0.3) is 0 Å². The number of rotatable bonds is 10. The summed E-state index contributed by atoms with van der Waals surface area (Å²) in [5.41, 5.74) is 5.44. The molecule has 9 heteroatoms. The van der Waals surface area contributed by atoms with E-state index in [0.717, 1.165) is 43.4 Å². The zero-order chi connectivity index (χ0) is 27.0. The minimum absolute atomic E-state index is 0.0852. The first-order valence-corrected chi connectivity index (χ1v) is 14.6. The Kier molecular flexibility index (Phi) is 9.28. The van der Waals surface area contributed by atoms with Crippen LogP contribution >= 0.6 is 0 Å². The van der Waals surface area contributed by atoms with Crippen LogP contribution in [0.15, 0.2) is 89.8 Å². The number of carbonyl (C=O) groups excluding carboxylic acids is 2. The van der Waals surface area contributed by atoms with E-state index in [0.29, 0.717) is 18.7 Å². The van der Waals surface area contributed by atoms with Gasteiger partial charge >= 0.3 is 0 Å². The van der Waals surface area contributed by atoms with E-state index in [4.69, 9.17) is 0 Å². The molecule has 3 aromatic carbocycles. The fourth-order valence-corrected chi connectivity index (χ4v) is 5.12. The number of piperazine rings is 1. The summed E-state index contributed by atoms with van der Waals surface area (Å²) >= 11 is 0. The van der Waals surface area contributed by atoms with Gasteiger partial charge in [0.25, 0.3) is 5.91 Å². The van der Waals surface area contributed by atoms with E-state index in [2.05, 4.69) is 15.6 Å². The molecule has 2 amide bonds. The molecule has 1 fully saturated rings. The molecule has 1 aliphatic rings. The minimum atomic E-state index is -3.26. The van der Waals surface area contributed by atoms with Crippen LogP contribution in [0.5, 0.6) is 0 Å². The SMILES string of the molecule is CS(=O)(=O)c1ccc(CC(=O)NN2CCN(CCC(NC(=O)c3ccccc3)c3ccccc3)CC2)cc1. The highest BCUT2D eigenvalue weighted by atomic mass is 32.2. The van der Waals surface area contributed by atoms with Crippen molar-refractivity contribution in [2.24, 2.45) is 0 Å². The molecule has 0 spiro atoms. The fraction of sp³-hybridized carbons (Fsp3) is 0.310. The van der Waals surface area contributed by atoms with E-state index in [1.165, 1.54) is 12.1 Å². The van der Waals surface area contributed by atoms with E-state index in [1.807, 2.05) is 65.7 Å². The van der Waals surface area contributed by atoms with E-state index in [9.17, 15) is 18.0 Å². The first kappa shape index (κ1) is 27.5. The summed E-state index contributed by atoms with van der Waals surface area (Å²) < 4.78 is 23.2. The van der Waals surface area contributed by atoms with Crippen LogP contribution in [0.4, 0.5) is 0 Å². The van der Waals surface area contributed by atoms with Crippen molar-refractivity contribution in [3.63, 3.8) is 0 Å². The van der Waals surface area contributed by atoms with E-state index < -0.39 is 9.84 Å². The summed E-state index contributed by atoms with van der Waals surface area (Å²) in [6.45, 7) is 3.83. The van der Waals surface area contributed by atoms with Gasteiger partial charge in [0.2, 0.25) is 5.91 Å². The Labute approximate surface area is 224 Å². The lowest BCUT2D eigenvalue weighted by Crippen LogP contribution is -2.54. The Balaban J connectivity index is 1.25. The molecule has 0 radical (unpaired) electrons. The largest absolute Gasteiger partial charge is 0.345 e. The monoisotopic (exact) mass is 534 g/mol.